The molecule has 0 aromatic carbocycles. The first-order valence-corrected chi connectivity index (χ1v) is 5.83. The van der Waals surface area contributed by atoms with E-state index in [-0.39, 0.29) is 17.6 Å². The summed E-state index contributed by atoms with van der Waals surface area (Å²) < 4.78 is 15.8. The van der Waals surface area contributed by atoms with E-state index in [1.54, 1.807) is 13.0 Å². The van der Waals surface area contributed by atoms with Crippen molar-refractivity contribution in [2.75, 3.05) is 13.2 Å². The first-order chi connectivity index (χ1) is 8.26. The van der Waals surface area contributed by atoms with Crippen molar-refractivity contribution in [2.24, 2.45) is 11.8 Å². The van der Waals surface area contributed by atoms with Crippen LogP contribution in [0.4, 0.5) is 0 Å². The minimum Gasteiger partial charge on any atom is -0.466 e. The molecule has 0 radical (unpaired) electrons. The molecule has 17 heavy (non-hydrogen) atoms. The van der Waals surface area contributed by atoms with Crippen LogP contribution < -0.4 is 0 Å². The fourth-order valence-corrected chi connectivity index (χ4v) is 2.24. The number of carbonyl (C=O) groups is 1. The lowest BCUT2D eigenvalue weighted by Gasteiger charge is -2.37. The summed E-state index contributed by atoms with van der Waals surface area (Å²) in [4.78, 5) is 11.8. The van der Waals surface area contributed by atoms with Gasteiger partial charge in [-0.25, -0.2) is 0 Å². The van der Waals surface area contributed by atoms with Crippen LogP contribution in [-0.2, 0) is 19.0 Å². The Morgan fingerprint density at radius 2 is 2.53 bits per heavy atom. The highest BCUT2D eigenvalue weighted by Crippen LogP contribution is 2.35. The number of nitriles is 1. The van der Waals surface area contributed by atoms with E-state index in [1.807, 2.05) is 6.07 Å². The Bertz CT molecular complexity index is 371. The zero-order valence-corrected chi connectivity index (χ0v) is 9.72. The number of ether oxygens (including phenoxy) is 3. The summed E-state index contributed by atoms with van der Waals surface area (Å²) in [5, 5.41) is 8.86. The lowest BCUT2D eigenvalue weighted by atomic mass is 9.84. The summed E-state index contributed by atoms with van der Waals surface area (Å²) in [5.41, 5.74) is 0. The zero-order chi connectivity index (χ0) is 12.3. The normalized spacial score (nSPS) is 31.5. The monoisotopic (exact) mass is 237 g/mol. The van der Waals surface area contributed by atoms with E-state index in [9.17, 15) is 4.79 Å². The van der Waals surface area contributed by atoms with Crippen molar-refractivity contribution in [1.82, 2.24) is 0 Å². The molecule has 0 N–H and O–H groups in total. The molecule has 0 aliphatic carbocycles. The van der Waals surface area contributed by atoms with E-state index in [4.69, 9.17) is 19.5 Å². The molecular formula is C12H15NO4. The maximum Gasteiger partial charge on any atom is 0.313 e. The van der Waals surface area contributed by atoms with Gasteiger partial charge in [0.1, 0.15) is 6.07 Å². The number of allylic oxidation sites excluding steroid dienone is 1. The Hall–Kier alpha value is -1.54. The van der Waals surface area contributed by atoms with Gasteiger partial charge in [-0.3, -0.25) is 4.79 Å². The standard InChI is InChI=1S/C12H15NO4/c1-2-15-11(14)10-6-8(7-13)17-12-9(10)4-3-5-16-12/h6,9-10,12H,2-5H2,1H3/t9-,10+,12-/m0/s1. The molecule has 5 nitrogen and oxygen atoms in total. The molecule has 0 unspecified atom stereocenters. The fourth-order valence-electron chi connectivity index (χ4n) is 2.24. The van der Waals surface area contributed by atoms with Crippen molar-refractivity contribution in [3.05, 3.63) is 11.8 Å². The maximum absolute atomic E-state index is 11.8. The molecule has 2 aliphatic heterocycles. The minimum atomic E-state index is -0.488. The maximum atomic E-state index is 11.8. The first kappa shape index (κ1) is 11.9. The van der Waals surface area contributed by atoms with E-state index in [1.165, 1.54) is 0 Å². The summed E-state index contributed by atoms with van der Waals surface area (Å²) in [6.45, 7) is 2.71. The van der Waals surface area contributed by atoms with Crippen molar-refractivity contribution in [1.29, 1.82) is 5.26 Å². The van der Waals surface area contributed by atoms with Crippen molar-refractivity contribution >= 4 is 5.97 Å². The van der Waals surface area contributed by atoms with Crippen LogP contribution in [0.5, 0.6) is 0 Å². The number of hydrogen-bond donors (Lipinski definition) is 0. The van der Waals surface area contributed by atoms with Gasteiger partial charge in [0.25, 0.3) is 0 Å². The topological polar surface area (TPSA) is 68.6 Å². The molecule has 0 aromatic rings. The molecule has 5 heteroatoms. The molecule has 3 atom stereocenters. The Labute approximate surface area is 99.9 Å². The van der Waals surface area contributed by atoms with E-state index in [2.05, 4.69) is 0 Å². The molecule has 92 valence electrons. The summed E-state index contributed by atoms with van der Waals surface area (Å²) >= 11 is 0. The summed E-state index contributed by atoms with van der Waals surface area (Å²) in [6, 6.07) is 1.92. The summed E-state index contributed by atoms with van der Waals surface area (Å²) in [5.74, 6) is -0.626. The molecule has 2 aliphatic rings. The Kier molecular flexibility index (Phi) is 3.64. The number of nitrogens with zero attached hydrogens (tertiary/aromatic N) is 1. The van der Waals surface area contributed by atoms with Gasteiger partial charge in [0.05, 0.1) is 19.1 Å². The van der Waals surface area contributed by atoms with Gasteiger partial charge in [0.15, 0.2) is 5.76 Å². The van der Waals surface area contributed by atoms with Gasteiger partial charge in [0.2, 0.25) is 6.29 Å². The Balaban J connectivity index is 2.20. The second-order valence-corrected chi connectivity index (χ2v) is 4.08. The van der Waals surface area contributed by atoms with E-state index >= 15 is 0 Å². The largest absolute Gasteiger partial charge is 0.466 e. The van der Waals surface area contributed by atoms with E-state index in [0.717, 1.165) is 12.8 Å². The summed E-state index contributed by atoms with van der Waals surface area (Å²) in [6.07, 6.45) is 2.81. The number of fused-ring (bicyclic) bond motifs is 1. The van der Waals surface area contributed by atoms with Gasteiger partial charge in [-0.05, 0) is 25.8 Å². The van der Waals surface area contributed by atoms with Gasteiger partial charge in [-0.2, -0.15) is 5.26 Å². The van der Waals surface area contributed by atoms with Crippen molar-refractivity contribution in [2.45, 2.75) is 26.1 Å². The average molecular weight is 237 g/mol. The third-order valence-electron chi connectivity index (χ3n) is 3.02. The van der Waals surface area contributed by atoms with Gasteiger partial charge < -0.3 is 14.2 Å². The smallest absolute Gasteiger partial charge is 0.313 e. The third kappa shape index (κ3) is 2.42. The molecule has 0 aromatic heterocycles. The highest BCUT2D eigenvalue weighted by Gasteiger charge is 2.41. The molecule has 0 saturated carbocycles. The Morgan fingerprint density at radius 3 is 3.24 bits per heavy atom. The molecule has 0 bridgehead atoms. The van der Waals surface area contributed by atoms with Crippen molar-refractivity contribution in [3.63, 3.8) is 0 Å². The second kappa shape index (κ2) is 5.19. The molecule has 2 heterocycles. The Morgan fingerprint density at radius 1 is 1.71 bits per heavy atom. The summed E-state index contributed by atoms with van der Waals surface area (Å²) in [7, 11) is 0. The molecular weight excluding hydrogens is 222 g/mol. The van der Waals surface area contributed by atoms with Crippen LogP contribution in [0.3, 0.4) is 0 Å². The highest BCUT2D eigenvalue weighted by molar-refractivity contribution is 5.75. The van der Waals surface area contributed by atoms with Crippen molar-refractivity contribution < 1.29 is 19.0 Å². The minimum absolute atomic E-state index is 0.0418. The number of hydrogen-bond acceptors (Lipinski definition) is 5. The molecule has 0 amide bonds. The lowest BCUT2D eigenvalue weighted by Crippen LogP contribution is -2.42. The molecule has 2 rings (SSSR count). The van der Waals surface area contributed by atoms with E-state index in [0.29, 0.717) is 13.2 Å². The lowest BCUT2D eigenvalue weighted by molar-refractivity contribution is -0.194. The van der Waals surface area contributed by atoms with Crippen LogP contribution in [0.15, 0.2) is 11.8 Å². The second-order valence-electron chi connectivity index (χ2n) is 4.08. The molecule has 0 spiro atoms. The molecule has 1 fully saturated rings. The van der Waals surface area contributed by atoms with Gasteiger partial charge >= 0.3 is 5.97 Å². The number of rotatable bonds is 2. The van der Waals surface area contributed by atoms with Crippen LogP contribution in [-0.4, -0.2) is 25.5 Å². The van der Waals surface area contributed by atoms with Gasteiger partial charge in [-0.1, -0.05) is 0 Å². The van der Waals surface area contributed by atoms with Crippen molar-refractivity contribution in [3.8, 4) is 6.07 Å². The fraction of sp³-hybridized carbons (Fsp3) is 0.667. The quantitative estimate of drug-likeness (QED) is 0.678. The zero-order valence-electron chi connectivity index (χ0n) is 9.72. The van der Waals surface area contributed by atoms with Gasteiger partial charge in [0, 0.05) is 5.92 Å². The predicted molar refractivity (Wildman–Crippen MR) is 57.4 cm³/mol. The average Bonchev–Trinajstić information content (AvgIpc) is 2.37. The van der Waals surface area contributed by atoms with Crippen LogP contribution in [0.1, 0.15) is 19.8 Å². The SMILES string of the molecule is CCOC(=O)[C@@H]1C=C(C#N)O[C@@H]2OCCC[C@H]21. The van der Waals surface area contributed by atoms with Crippen LogP contribution in [0.25, 0.3) is 0 Å². The predicted octanol–water partition coefficient (Wildman–Crippen LogP) is 1.36. The molecule has 1 saturated heterocycles. The van der Waals surface area contributed by atoms with Gasteiger partial charge in [-0.15, -0.1) is 0 Å². The first-order valence-electron chi connectivity index (χ1n) is 5.83. The van der Waals surface area contributed by atoms with Crippen LogP contribution >= 0.6 is 0 Å². The van der Waals surface area contributed by atoms with Crippen LogP contribution in [0, 0.1) is 23.2 Å². The number of carbonyl (C=O) groups excluding carboxylic acids is 1. The highest BCUT2D eigenvalue weighted by atomic mass is 16.7. The third-order valence-corrected chi connectivity index (χ3v) is 3.02. The number of esters is 1. The van der Waals surface area contributed by atoms with E-state index < -0.39 is 12.2 Å². The van der Waals surface area contributed by atoms with Crippen LogP contribution in [0.2, 0.25) is 0 Å².